The summed E-state index contributed by atoms with van der Waals surface area (Å²) in [5.41, 5.74) is 1.45. The van der Waals surface area contributed by atoms with Gasteiger partial charge in [-0.15, -0.1) is 0 Å². The zero-order valence-electron chi connectivity index (χ0n) is 20.2. The molecule has 0 spiro atoms. The van der Waals surface area contributed by atoms with E-state index in [9.17, 15) is 14.4 Å². The van der Waals surface area contributed by atoms with E-state index in [-0.39, 0.29) is 17.7 Å². The molecular formula is C28H25N5O4. The molecule has 0 bridgehead atoms. The number of hydrogen-bond donors (Lipinski definition) is 0. The predicted octanol–water partition coefficient (Wildman–Crippen LogP) is 3.16. The predicted molar refractivity (Wildman–Crippen MR) is 138 cm³/mol. The summed E-state index contributed by atoms with van der Waals surface area (Å²) in [7, 11) is 0. The van der Waals surface area contributed by atoms with E-state index in [1.54, 1.807) is 29.0 Å². The van der Waals surface area contributed by atoms with Gasteiger partial charge in [0.1, 0.15) is 6.54 Å². The summed E-state index contributed by atoms with van der Waals surface area (Å²) in [4.78, 5) is 48.8. The molecule has 1 unspecified atom stereocenters. The summed E-state index contributed by atoms with van der Waals surface area (Å²) < 4.78 is 9.82. The molecule has 0 radical (unpaired) electrons. The number of aromatic nitrogens is 5. The fourth-order valence-electron chi connectivity index (χ4n) is 4.28. The van der Waals surface area contributed by atoms with Crippen molar-refractivity contribution in [2.24, 2.45) is 0 Å². The Bertz CT molecular complexity index is 1600. The van der Waals surface area contributed by atoms with Gasteiger partial charge >= 0.3 is 11.7 Å². The quantitative estimate of drug-likeness (QED) is 0.307. The topological polar surface area (TPSA) is 101 Å². The van der Waals surface area contributed by atoms with Crippen LogP contribution in [0.3, 0.4) is 0 Å². The minimum Gasteiger partial charge on any atom is -0.450 e. The van der Waals surface area contributed by atoms with E-state index in [0.717, 1.165) is 15.7 Å². The van der Waals surface area contributed by atoms with Gasteiger partial charge in [-0.2, -0.15) is 0 Å². The molecular weight excluding hydrogens is 470 g/mol. The van der Waals surface area contributed by atoms with E-state index in [0.29, 0.717) is 12.2 Å². The van der Waals surface area contributed by atoms with Crippen molar-refractivity contribution >= 4 is 17.1 Å². The smallest absolute Gasteiger partial charge is 0.333 e. The number of carbonyl (C=O) groups is 1. The van der Waals surface area contributed by atoms with Gasteiger partial charge < -0.3 is 9.30 Å². The lowest BCUT2D eigenvalue weighted by Gasteiger charge is -2.18. The number of hydrogen-bond acceptors (Lipinski definition) is 6. The maximum atomic E-state index is 13.5. The molecule has 5 rings (SSSR count). The largest absolute Gasteiger partial charge is 0.450 e. The summed E-state index contributed by atoms with van der Waals surface area (Å²) in [5, 5.41) is 0. The Labute approximate surface area is 212 Å². The van der Waals surface area contributed by atoms with Crippen LogP contribution in [0.25, 0.3) is 11.2 Å². The number of pyridine rings is 1. The van der Waals surface area contributed by atoms with Crippen LogP contribution in [0, 0.1) is 0 Å². The zero-order valence-corrected chi connectivity index (χ0v) is 20.2. The Balaban J connectivity index is 1.54. The lowest BCUT2D eigenvalue weighted by atomic mass is 10.1. The molecule has 0 saturated heterocycles. The van der Waals surface area contributed by atoms with Crippen LogP contribution < -0.4 is 11.2 Å². The number of benzene rings is 2. The average molecular weight is 496 g/mol. The highest BCUT2D eigenvalue weighted by molar-refractivity contribution is 5.73. The molecule has 1 atom stereocenters. The number of imidazole rings is 1. The lowest BCUT2D eigenvalue weighted by Crippen LogP contribution is -2.42. The number of fused-ring (bicyclic) bond motifs is 1. The lowest BCUT2D eigenvalue weighted by molar-refractivity contribution is -0.148. The van der Waals surface area contributed by atoms with Crippen LogP contribution in [-0.2, 0) is 29.2 Å². The minimum absolute atomic E-state index is 0.201. The van der Waals surface area contributed by atoms with E-state index in [2.05, 4.69) is 9.97 Å². The highest BCUT2D eigenvalue weighted by atomic mass is 16.5. The first-order chi connectivity index (χ1) is 18.1. The first-order valence-electron chi connectivity index (χ1n) is 11.9. The average Bonchev–Trinajstić information content (AvgIpc) is 3.38. The molecule has 0 aliphatic rings. The van der Waals surface area contributed by atoms with Crippen molar-refractivity contribution in [2.75, 3.05) is 0 Å². The second-order valence-corrected chi connectivity index (χ2v) is 8.48. The van der Waals surface area contributed by atoms with Crippen LogP contribution >= 0.6 is 0 Å². The second kappa shape index (κ2) is 10.4. The summed E-state index contributed by atoms with van der Waals surface area (Å²) in [6.07, 6.45) is 2.36. The number of rotatable bonds is 8. The Morgan fingerprint density at radius 3 is 2.27 bits per heavy atom. The van der Waals surface area contributed by atoms with Gasteiger partial charge in [0.2, 0.25) is 0 Å². The number of nitrogens with zero attached hydrogens (tertiary/aromatic N) is 5. The van der Waals surface area contributed by atoms with Crippen LogP contribution in [-0.4, -0.2) is 29.6 Å². The van der Waals surface area contributed by atoms with E-state index >= 15 is 0 Å². The van der Waals surface area contributed by atoms with Crippen LogP contribution in [0.1, 0.15) is 29.8 Å². The SMILES string of the molecule is CCn1cnc2c1c(=O)n(CC(=O)OC(c1ccccc1)c1ccccn1)c(=O)n2Cc1ccccc1. The third-order valence-corrected chi connectivity index (χ3v) is 6.10. The van der Waals surface area contributed by atoms with Crippen LogP contribution in [0.5, 0.6) is 0 Å². The maximum absolute atomic E-state index is 13.5. The van der Waals surface area contributed by atoms with Crippen molar-refractivity contribution in [3.8, 4) is 0 Å². The van der Waals surface area contributed by atoms with Gasteiger partial charge in [-0.25, -0.2) is 14.3 Å². The fraction of sp³-hybridized carbons (Fsp3) is 0.179. The van der Waals surface area contributed by atoms with Gasteiger partial charge in [-0.05, 0) is 30.2 Å². The van der Waals surface area contributed by atoms with Gasteiger partial charge in [0.05, 0.1) is 18.6 Å². The zero-order chi connectivity index (χ0) is 25.8. The third kappa shape index (κ3) is 4.84. The Morgan fingerprint density at radius 2 is 1.59 bits per heavy atom. The molecule has 0 amide bonds. The van der Waals surface area contributed by atoms with Gasteiger partial charge in [0.15, 0.2) is 17.3 Å². The Kier molecular flexibility index (Phi) is 6.76. The van der Waals surface area contributed by atoms with E-state index < -0.39 is 29.9 Å². The van der Waals surface area contributed by atoms with Gasteiger partial charge in [0, 0.05) is 12.7 Å². The molecule has 0 aliphatic heterocycles. The van der Waals surface area contributed by atoms with Crippen molar-refractivity contribution in [1.82, 2.24) is 23.7 Å². The van der Waals surface area contributed by atoms with Crippen molar-refractivity contribution in [1.29, 1.82) is 0 Å². The first-order valence-corrected chi connectivity index (χ1v) is 11.9. The third-order valence-electron chi connectivity index (χ3n) is 6.10. The van der Waals surface area contributed by atoms with Crippen molar-refractivity contribution in [3.05, 3.63) is 129 Å². The molecule has 37 heavy (non-hydrogen) atoms. The standard InChI is InChI=1S/C28H25N5O4/c1-2-31-19-30-26-24(31)27(35)33(28(36)32(26)17-20-11-5-3-6-12-20)18-23(34)37-25(21-13-7-4-8-14-21)22-15-9-10-16-29-22/h3-16,19,25H,2,17-18H2,1H3. The van der Waals surface area contributed by atoms with Gasteiger partial charge in [-0.3, -0.25) is 19.1 Å². The summed E-state index contributed by atoms with van der Waals surface area (Å²) >= 11 is 0. The van der Waals surface area contributed by atoms with E-state index in [1.165, 1.54) is 10.9 Å². The molecule has 3 heterocycles. The van der Waals surface area contributed by atoms with E-state index in [1.807, 2.05) is 67.6 Å². The molecule has 2 aromatic carbocycles. The highest BCUT2D eigenvalue weighted by Gasteiger charge is 2.24. The monoisotopic (exact) mass is 495 g/mol. The molecule has 9 heteroatoms. The number of carbonyl (C=O) groups excluding carboxylic acids is 1. The maximum Gasteiger partial charge on any atom is 0.333 e. The molecule has 0 N–H and O–H groups in total. The molecule has 0 fully saturated rings. The first kappa shape index (κ1) is 23.9. The second-order valence-electron chi connectivity index (χ2n) is 8.48. The summed E-state index contributed by atoms with van der Waals surface area (Å²) in [6.45, 7) is 2.01. The van der Waals surface area contributed by atoms with Gasteiger partial charge in [0.25, 0.3) is 5.56 Å². The van der Waals surface area contributed by atoms with Crippen LogP contribution in [0.4, 0.5) is 0 Å². The minimum atomic E-state index is -0.790. The molecule has 5 aromatic rings. The Morgan fingerprint density at radius 1 is 0.892 bits per heavy atom. The van der Waals surface area contributed by atoms with Gasteiger partial charge in [-0.1, -0.05) is 66.7 Å². The van der Waals surface area contributed by atoms with Crippen LogP contribution in [0.15, 0.2) is 101 Å². The van der Waals surface area contributed by atoms with Crippen molar-refractivity contribution in [2.45, 2.75) is 32.7 Å². The molecule has 186 valence electrons. The van der Waals surface area contributed by atoms with Crippen molar-refractivity contribution in [3.63, 3.8) is 0 Å². The number of esters is 1. The van der Waals surface area contributed by atoms with Crippen molar-refractivity contribution < 1.29 is 9.53 Å². The Hall–Kier alpha value is -4.79. The fourth-order valence-corrected chi connectivity index (χ4v) is 4.28. The number of aryl methyl sites for hydroxylation is 1. The molecule has 0 saturated carbocycles. The summed E-state index contributed by atoms with van der Waals surface area (Å²) in [6, 6.07) is 23.9. The molecule has 9 nitrogen and oxygen atoms in total. The highest BCUT2D eigenvalue weighted by Crippen LogP contribution is 2.24. The number of ether oxygens (including phenoxy) is 1. The summed E-state index contributed by atoms with van der Waals surface area (Å²) in [5.74, 6) is -0.730. The molecule has 3 aromatic heterocycles. The van der Waals surface area contributed by atoms with E-state index in [4.69, 9.17) is 4.74 Å². The molecule has 0 aliphatic carbocycles. The normalized spacial score (nSPS) is 11.9. The van der Waals surface area contributed by atoms with Crippen LogP contribution in [0.2, 0.25) is 0 Å².